The molecule has 1 unspecified atom stereocenters. The molecule has 24 heavy (non-hydrogen) atoms. The fourth-order valence-corrected chi connectivity index (χ4v) is 3.12. The van der Waals surface area contributed by atoms with Gasteiger partial charge in [0.05, 0.1) is 0 Å². The first-order valence-corrected chi connectivity index (χ1v) is 8.61. The number of hydrogen-bond acceptors (Lipinski definition) is 4. The van der Waals surface area contributed by atoms with Gasteiger partial charge in [0.2, 0.25) is 5.89 Å². The maximum atomic E-state index is 5.00. The first-order valence-electron chi connectivity index (χ1n) is 8.61. The first kappa shape index (κ1) is 16.5. The van der Waals surface area contributed by atoms with Crippen LogP contribution < -0.4 is 5.32 Å². The van der Waals surface area contributed by atoms with Gasteiger partial charge in [-0.1, -0.05) is 35.5 Å². The molecule has 1 fully saturated rings. The standard InChI is InChI=1S/C18H25N5O/c1-3-19-18(20-12-17-21-14(2)24-22-17)23-10-9-16(13-23)11-15-7-5-4-6-8-15/h4-8,16H,3,9-13H2,1-2H3,(H,19,20). The molecule has 0 saturated carbocycles. The summed E-state index contributed by atoms with van der Waals surface area (Å²) in [5.41, 5.74) is 1.41. The van der Waals surface area contributed by atoms with Crippen LogP contribution >= 0.6 is 0 Å². The zero-order valence-electron chi connectivity index (χ0n) is 14.4. The van der Waals surface area contributed by atoms with E-state index in [0.29, 0.717) is 24.2 Å². The maximum absolute atomic E-state index is 5.00. The number of rotatable bonds is 5. The molecule has 2 heterocycles. The molecule has 2 aromatic rings. The number of likely N-dealkylation sites (tertiary alicyclic amines) is 1. The highest BCUT2D eigenvalue weighted by Gasteiger charge is 2.25. The first-order chi connectivity index (χ1) is 11.7. The van der Waals surface area contributed by atoms with Gasteiger partial charge in [-0.25, -0.2) is 4.99 Å². The maximum Gasteiger partial charge on any atom is 0.223 e. The Morgan fingerprint density at radius 3 is 2.92 bits per heavy atom. The van der Waals surface area contributed by atoms with Gasteiger partial charge < -0.3 is 14.7 Å². The van der Waals surface area contributed by atoms with E-state index in [-0.39, 0.29) is 0 Å². The Balaban J connectivity index is 1.60. The molecule has 1 aliphatic rings. The summed E-state index contributed by atoms with van der Waals surface area (Å²) >= 11 is 0. The van der Waals surface area contributed by atoms with Crippen molar-refractivity contribution >= 4 is 5.96 Å². The van der Waals surface area contributed by atoms with Gasteiger partial charge in [-0.05, 0) is 31.2 Å². The SMILES string of the molecule is CCNC(=NCc1noc(C)n1)N1CCC(Cc2ccccc2)C1. The predicted molar refractivity (Wildman–Crippen MR) is 93.7 cm³/mol. The second-order valence-electron chi connectivity index (χ2n) is 6.19. The summed E-state index contributed by atoms with van der Waals surface area (Å²) in [6, 6.07) is 10.7. The van der Waals surface area contributed by atoms with E-state index in [0.717, 1.165) is 32.0 Å². The van der Waals surface area contributed by atoms with Crippen LogP contribution in [0.15, 0.2) is 39.8 Å². The lowest BCUT2D eigenvalue weighted by Crippen LogP contribution is -2.40. The van der Waals surface area contributed by atoms with Crippen LogP contribution in [-0.2, 0) is 13.0 Å². The molecule has 0 spiro atoms. The lowest BCUT2D eigenvalue weighted by atomic mass is 9.99. The minimum absolute atomic E-state index is 0.444. The van der Waals surface area contributed by atoms with Gasteiger partial charge in [-0.2, -0.15) is 4.98 Å². The Kier molecular flexibility index (Phi) is 5.46. The van der Waals surface area contributed by atoms with Gasteiger partial charge in [0.1, 0.15) is 6.54 Å². The number of guanidine groups is 1. The predicted octanol–water partition coefficient (Wildman–Crippen LogP) is 2.41. The molecule has 1 saturated heterocycles. The van der Waals surface area contributed by atoms with Crippen molar-refractivity contribution in [3.63, 3.8) is 0 Å². The molecule has 3 rings (SSSR count). The van der Waals surface area contributed by atoms with Crippen LogP contribution in [0.1, 0.15) is 30.6 Å². The van der Waals surface area contributed by atoms with E-state index < -0.39 is 0 Å². The minimum atomic E-state index is 0.444. The molecular formula is C18H25N5O. The topological polar surface area (TPSA) is 66.5 Å². The third-order valence-electron chi connectivity index (χ3n) is 4.23. The van der Waals surface area contributed by atoms with Crippen LogP contribution in [0.25, 0.3) is 0 Å². The third kappa shape index (κ3) is 4.34. The number of nitrogens with one attached hydrogen (secondary N) is 1. The van der Waals surface area contributed by atoms with Crippen LogP contribution in [0.4, 0.5) is 0 Å². The van der Waals surface area contributed by atoms with Crippen molar-refractivity contribution in [2.75, 3.05) is 19.6 Å². The molecule has 1 aliphatic heterocycles. The van der Waals surface area contributed by atoms with Gasteiger partial charge in [0.25, 0.3) is 0 Å². The van der Waals surface area contributed by atoms with E-state index in [1.807, 2.05) is 0 Å². The molecule has 0 amide bonds. The molecule has 0 aliphatic carbocycles. The quantitative estimate of drug-likeness (QED) is 0.675. The summed E-state index contributed by atoms with van der Waals surface area (Å²) < 4.78 is 5.00. The summed E-state index contributed by atoms with van der Waals surface area (Å²) in [4.78, 5) is 11.2. The highest BCUT2D eigenvalue weighted by molar-refractivity contribution is 5.80. The molecule has 1 aromatic heterocycles. The Morgan fingerprint density at radius 1 is 1.38 bits per heavy atom. The Hall–Kier alpha value is -2.37. The second-order valence-corrected chi connectivity index (χ2v) is 6.19. The summed E-state index contributed by atoms with van der Waals surface area (Å²) in [5.74, 6) is 2.82. The fraction of sp³-hybridized carbons (Fsp3) is 0.500. The monoisotopic (exact) mass is 327 g/mol. The van der Waals surface area contributed by atoms with Gasteiger partial charge in [-0.15, -0.1) is 0 Å². The van der Waals surface area contributed by atoms with Gasteiger partial charge in [0.15, 0.2) is 11.8 Å². The minimum Gasteiger partial charge on any atom is -0.357 e. The summed E-state index contributed by atoms with van der Waals surface area (Å²) in [5, 5.41) is 7.28. The van der Waals surface area contributed by atoms with Crippen molar-refractivity contribution in [2.45, 2.75) is 33.2 Å². The number of aromatic nitrogens is 2. The molecule has 0 bridgehead atoms. The summed E-state index contributed by atoms with van der Waals surface area (Å²) in [6.07, 6.45) is 2.32. The number of aliphatic imine (C=N–C) groups is 1. The zero-order valence-corrected chi connectivity index (χ0v) is 14.4. The molecule has 6 heteroatoms. The van der Waals surface area contributed by atoms with Gasteiger partial charge >= 0.3 is 0 Å². The van der Waals surface area contributed by atoms with Gasteiger partial charge in [0, 0.05) is 26.6 Å². The van der Waals surface area contributed by atoms with Crippen molar-refractivity contribution in [3.05, 3.63) is 47.6 Å². The van der Waals surface area contributed by atoms with Crippen LogP contribution in [0.3, 0.4) is 0 Å². The average molecular weight is 327 g/mol. The van der Waals surface area contributed by atoms with Crippen molar-refractivity contribution in [2.24, 2.45) is 10.9 Å². The molecule has 1 atom stereocenters. The van der Waals surface area contributed by atoms with E-state index in [4.69, 9.17) is 4.52 Å². The molecule has 1 N–H and O–H groups in total. The lowest BCUT2D eigenvalue weighted by Gasteiger charge is -2.21. The average Bonchev–Trinajstić information content (AvgIpc) is 3.22. The van der Waals surface area contributed by atoms with E-state index in [1.54, 1.807) is 6.92 Å². The van der Waals surface area contributed by atoms with E-state index in [9.17, 15) is 0 Å². The number of hydrogen-bond donors (Lipinski definition) is 1. The summed E-state index contributed by atoms with van der Waals surface area (Å²) in [6.45, 7) is 7.25. The lowest BCUT2D eigenvalue weighted by molar-refractivity contribution is 0.387. The van der Waals surface area contributed by atoms with Crippen molar-refractivity contribution < 1.29 is 4.52 Å². The van der Waals surface area contributed by atoms with Crippen LogP contribution in [0.5, 0.6) is 0 Å². The van der Waals surface area contributed by atoms with Crippen molar-refractivity contribution in [1.29, 1.82) is 0 Å². The molecule has 1 aromatic carbocycles. The van der Waals surface area contributed by atoms with Gasteiger partial charge in [-0.3, -0.25) is 0 Å². The number of benzene rings is 1. The Bertz CT molecular complexity index is 667. The largest absolute Gasteiger partial charge is 0.357 e. The van der Waals surface area contributed by atoms with Crippen molar-refractivity contribution in [1.82, 2.24) is 20.4 Å². The zero-order chi connectivity index (χ0) is 16.8. The number of nitrogens with zero attached hydrogens (tertiary/aromatic N) is 4. The fourth-order valence-electron chi connectivity index (χ4n) is 3.12. The summed E-state index contributed by atoms with van der Waals surface area (Å²) in [7, 11) is 0. The van der Waals surface area contributed by atoms with Crippen LogP contribution in [-0.4, -0.2) is 40.6 Å². The van der Waals surface area contributed by atoms with Crippen molar-refractivity contribution in [3.8, 4) is 0 Å². The molecule has 128 valence electrons. The van der Waals surface area contributed by atoms with E-state index >= 15 is 0 Å². The highest BCUT2D eigenvalue weighted by Crippen LogP contribution is 2.21. The Labute approximate surface area is 143 Å². The molecule has 6 nitrogen and oxygen atoms in total. The van der Waals surface area contributed by atoms with E-state index in [1.165, 1.54) is 12.0 Å². The second kappa shape index (κ2) is 7.95. The normalized spacial score (nSPS) is 18.2. The number of aryl methyl sites for hydroxylation is 1. The smallest absolute Gasteiger partial charge is 0.223 e. The third-order valence-corrected chi connectivity index (χ3v) is 4.23. The highest BCUT2D eigenvalue weighted by atomic mass is 16.5. The molecular weight excluding hydrogens is 302 g/mol. The van der Waals surface area contributed by atoms with E-state index in [2.05, 4.69) is 62.6 Å². The molecule has 0 radical (unpaired) electrons. The Morgan fingerprint density at radius 2 is 2.21 bits per heavy atom. The van der Waals surface area contributed by atoms with Crippen LogP contribution in [0.2, 0.25) is 0 Å². The van der Waals surface area contributed by atoms with Crippen LogP contribution in [0, 0.1) is 12.8 Å².